The number of aryl methyl sites for hydroxylation is 5. The second-order valence-corrected chi connectivity index (χ2v) is 8.18. The van der Waals surface area contributed by atoms with Crippen LogP contribution in [0.15, 0.2) is 28.5 Å². The minimum atomic E-state index is 0.905. The molecule has 6 heteroatoms. The van der Waals surface area contributed by atoms with E-state index in [0.29, 0.717) is 0 Å². The lowest BCUT2D eigenvalue weighted by Gasteiger charge is -2.12. The molecule has 2 aromatic heterocycles. The monoisotopic (exact) mass is 381 g/mol. The van der Waals surface area contributed by atoms with Crippen molar-refractivity contribution in [3.8, 4) is 0 Å². The summed E-state index contributed by atoms with van der Waals surface area (Å²) in [6.07, 6.45) is 7.46. The molecule has 0 spiro atoms. The molecular weight excluding hydrogens is 354 g/mol. The number of imidazole rings is 1. The topological polar surface area (TPSA) is 55.6 Å². The van der Waals surface area contributed by atoms with Gasteiger partial charge in [0.2, 0.25) is 0 Å². The van der Waals surface area contributed by atoms with Crippen LogP contribution in [0, 0.1) is 6.92 Å². The maximum atomic E-state index is 4.94. The SMILES string of the molecule is CCc1cc2c(cc1Sc1nc3c(C)ncnc3n1CCCNC)CCC2. The highest BCUT2D eigenvalue weighted by atomic mass is 32.2. The fourth-order valence-corrected chi connectivity index (χ4v) is 5.00. The molecule has 27 heavy (non-hydrogen) atoms. The summed E-state index contributed by atoms with van der Waals surface area (Å²) in [5.41, 5.74) is 7.30. The van der Waals surface area contributed by atoms with E-state index in [1.165, 1.54) is 35.3 Å². The highest BCUT2D eigenvalue weighted by Gasteiger charge is 2.19. The van der Waals surface area contributed by atoms with E-state index in [9.17, 15) is 0 Å². The van der Waals surface area contributed by atoms with Crippen molar-refractivity contribution < 1.29 is 0 Å². The average Bonchev–Trinajstić information content (AvgIpc) is 3.26. The van der Waals surface area contributed by atoms with Gasteiger partial charge in [-0.3, -0.25) is 0 Å². The Morgan fingerprint density at radius 1 is 1.19 bits per heavy atom. The lowest BCUT2D eigenvalue weighted by molar-refractivity contribution is 0.585. The summed E-state index contributed by atoms with van der Waals surface area (Å²) in [6, 6.07) is 4.82. The largest absolute Gasteiger partial charge is 0.320 e. The zero-order valence-corrected chi connectivity index (χ0v) is 17.2. The van der Waals surface area contributed by atoms with Crippen molar-refractivity contribution in [2.24, 2.45) is 0 Å². The summed E-state index contributed by atoms with van der Waals surface area (Å²) in [7, 11) is 1.99. The van der Waals surface area contributed by atoms with Gasteiger partial charge in [0.05, 0.1) is 5.69 Å². The fourth-order valence-electron chi connectivity index (χ4n) is 3.84. The van der Waals surface area contributed by atoms with Gasteiger partial charge in [-0.1, -0.05) is 24.8 Å². The van der Waals surface area contributed by atoms with Crippen LogP contribution in [0.1, 0.15) is 42.1 Å². The number of nitrogens with one attached hydrogen (secondary N) is 1. The molecule has 4 rings (SSSR count). The van der Waals surface area contributed by atoms with E-state index in [4.69, 9.17) is 4.98 Å². The van der Waals surface area contributed by atoms with Gasteiger partial charge in [-0.25, -0.2) is 15.0 Å². The number of rotatable bonds is 7. The van der Waals surface area contributed by atoms with Crippen LogP contribution in [0.4, 0.5) is 0 Å². The standard InChI is InChI=1S/C21H27N5S/c1-4-15-11-16-7-5-8-17(16)12-18(15)27-21-25-19-14(2)23-13-24-20(19)26(21)10-6-9-22-3/h11-13,22H,4-10H2,1-3H3. The van der Waals surface area contributed by atoms with Gasteiger partial charge >= 0.3 is 0 Å². The van der Waals surface area contributed by atoms with E-state index >= 15 is 0 Å². The molecule has 1 aliphatic carbocycles. The quantitative estimate of drug-likeness (QED) is 0.628. The normalized spacial score (nSPS) is 13.4. The first-order chi connectivity index (χ1) is 13.2. The molecule has 0 unspecified atom stereocenters. The molecule has 0 radical (unpaired) electrons. The number of nitrogens with zero attached hydrogens (tertiary/aromatic N) is 4. The molecule has 1 aromatic carbocycles. The Bertz CT molecular complexity index is 963. The van der Waals surface area contributed by atoms with Crippen molar-refractivity contribution in [3.63, 3.8) is 0 Å². The molecular formula is C21H27N5S. The zero-order valence-electron chi connectivity index (χ0n) is 16.4. The third-order valence-corrected chi connectivity index (χ3v) is 6.44. The van der Waals surface area contributed by atoms with Crippen LogP contribution in [0.2, 0.25) is 0 Å². The van der Waals surface area contributed by atoms with Gasteiger partial charge in [-0.15, -0.1) is 0 Å². The maximum absolute atomic E-state index is 4.94. The molecule has 3 aromatic rings. The van der Waals surface area contributed by atoms with Crippen molar-refractivity contribution in [3.05, 3.63) is 40.8 Å². The van der Waals surface area contributed by atoms with E-state index in [-0.39, 0.29) is 0 Å². The lowest BCUT2D eigenvalue weighted by atomic mass is 10.0. The van der Waals surface area contributed by atoms with Crippen molar-refractivity contribution in [2.75, 3.05) is 13.6 Å². The number of fused-ring (bicyclic) bond motifs is 2. The minimum absolute atomic E-state index is 0.905. The molecule has 1 aliphatic rings. The van der Waals surface area contributed by atoms with Gasteiger partial charge < -0.3 is 9.88 Å². The third-order valence-electron chi connectivity index (χ3n) is 5.35. The summed E-state index contributed by atoms with van der Waals surface area (Å²) in [6.45, 7) is 6.14. The first-order valence-corrected chi connectivity index (χ1v) is 10.7. The number of hydrogen-bond acceptors (Lipinski definition) is 5. The Labute approximate surface area is 165 Å². The Kier molecular flexibility index (Phi) is 5.45. The van der Waals surface area contributed by atoms with Crippen molar-refractivity contribution in [2.45, 2.75) is 62.5 Å². The molecule has 0 saturated carbocycles. The fraction of sp³-hybridized carbons (Fsp3) is 0.476. The van der Waals surface area contributed by atoms with Crippen molar-refractivity contribution in [1.82, 2.24) is 24.8 Å². The van der Waals surface area contributed by atoms with Gasteiger partial charge in [0.15, 0.2) is 10.8 Å². The molecule has 0 aliphatic heterocycles. The molecule has 5 nitrogen and oxygen atoms in total. The van der Waals surface area contributed by atoms with Gasteiger partial charge in [0.25, 0.3) is 0 Å². The molecule has 0 bridgehead atoms. The Morgan fingerprint density at radius 2 is 2.00 bits per heavy atom. The van der Waals surface area contributed by atoms with Crippen LogP contribution < -0.4 is 5.32 Å². The third kappa shape index (κ3) is 3.60. The van der Waals surface area contributed by atoms with Gasteiger partial charge in [0, 0.05) is 11.4 Å². The summed E-state index contributed by atoms with van der Waals surface area (Å²) in [5.74, 6) is 0. The first-order valence-electron chi connectivity index (χ1n) is 9.86. The van der Waals surface area contributed by atoms with E-state index in [1.54, 1.807) is 23.7 Å². The van der Waals surface area contributed by atoms with E-state index < -0.39 is 0 Å². The molecule has 0 atom stereocenters. The number of benzene rings is 1. The van der Waals surface area contributed by atoms with Crippen molar-refractivity contribution in [1.29, 1.82) is 0 Å². The van der Waals surface area contributed by atoms with Crippen LogP contribution in [-0.2, 0) is 25.8 Å². The summed E-state index contributed by atoms with van der Waals surface area (Å²) < 4.78 is 2.26. The Balaban J connectivity index is 1.75. The highest BCUT2D eigenvalue weighted by molar-refractivity contribution is 7.99. The molecule has 0 saturated heterocycles. The smallest absolute Gasteiger partial charge is 0.175 e. The number of hydrogen-bond donors (Lipinski definition) is 1. The van der Waals surface area contributed by atoms with Crippen LogP contribution in [-0.4, -0.2) is 33.1 Å². The molecule has 2 heterocycles. The second-order valence-electron chi connectivity index (χ2n) is 7.17. The molecule has 142 valence electrons. The van der Waals surface area contributed by atoms with Gasteiger partial charge in [-0.2, -0.15) is 0 Å². The zero-order chi connectivity index (χ0) is 18.8. The van der Waals surface area contributed by atoms with E-state index in [0.717, 1.165) is 47.9 Å². The Hall–Kier alpha value is -1.92. The average molecular weight is 382 g/mol. The summed E-state index contributed by atoms with van der Waals surface area (Å²) in [4.78, 5) is 15.2. The maximum Gasteiger partial charge on any atom is 0.175 e. The highest BCUT2D eigenvalue weighted by Crippen LogP contribution is 2.36. The summed E-state index contributed by atoms with van der Waals surface area (Å²) in [5, 5.41) is 4.26. The molecule has 0 amide bonds. The molecule has 0 fully saturated rings. The second kappa shape index (κ2) is 7.98. The van der Waals surface area contributed by atoms with Crippen LogP contribution >= 0.6 is 11.8 Å². The summed E-state index contributed by atoms with van der Waals surface area (Å²) >= 11 is 1.79. The van der Waals surface area contributed by atoms with Crippen LogP contribution in [0.25, 0.3) is 11.2 Å². The van der Waals surface area contributed by atoms with Crippen molar-refractivity contribution >= 4 is 22.9 Å². The molecule has 1 N–H and O–H groups in total. The van der Waals surface area contributed by atoms with Crippen LogP contribution in [0.5, 0.6) is 0 Å². The Morgan fingerprint density at radius 3 is 2.78 bits per heavy atom. The van der Waals surface area contributed by atoms with Gasteiger partial charge in [0.1, 0.15) is 11.8 Å². The van der Waals surface area contributed by atoms with E-state index in [2.05, 4.69) is 38.9 Å². The number of aromatic nitrogens is 4. The van der Waals surface area contributed by atoms with Gasteiger partial charge in [-0.05, 0) is 75.4 Å². The van der Waals surface area contributed by atoms with E-state index in [1.807, 2.05) is 14.0 Å². The predicted molar refractivity (Wildman–Crippen MR) is 111 cm³/mol. The minimum Gasteiger partial charge on any atom is -0.320 e. The first kappa shape index (κ1) is 18.4. The lowest BCUT2D eigenvalue weighted by Crippen LogP contribution is -2.11. The predicted octanol–water partition coefficient (Wildman–Crippen LogP) is 3.95. The van der Waals surface area contributed by atoms with Crippen LogP contribution in [0.3, 0.4) is 0 Å².